The highest BCUT2D eigenvalue weighted by Crippen LogP contribution is 2.26. The summed E-state index contributed by atoms with van der Waals surface area (Å²) in [5, 5.41) is 0. The van der Waals surface area contributed by atoms with Crippen LogP contribution in [0.2, 0.25) is 51.4 Å². The van der Waals surface area contributed by atoms with Crippen LogP contribution in [-0.4, -0.2) is 50.3 Å². The van der Waals surface area contributed by atoms with Crippen molar-refractivity contribution in [2.75, 3.05) is 13.2 Å². The van der Waals surface area contributed by atoms with Gasteiger partial charge in [0.05, 0.1) is 13.2 Å². The maximum atomic E-state index is 11.4. The number of unbranched alkanes of at least 4 members (excludes halogenated alkanes) is 2. The molecule has 0 aliphatic carbocycles. The molecule has 0 heterocycles. The fourth-order valence-electron chi connectivity index (χ4n) is 3.34. The van der Waals surface area contributed by atoms with Crippen LogP contribution in [0.3, 0.4) is 0 Å². The second-order valence-electron chi connectivity index (χ2n) is 9.87. The van der Waals surface area contributed by atoms with Gasteiger partial charge in [-0.1, -0.05) is 26.0 Å². The molecule has 0 N–H and O–H groups in total. The minimum Gasteiger partial charge on any atom is -0.462 e. The number of carbonyl (C=O) groups excluding carboxylic acids is 2. The van der Waals surface area contributed by atoms with E-state index >= 15 is 0 Å². The van der Waals surface area contributed by atoms with Crippen LogP contribution in [0.1, 0.15) is 39.5 Å². The Kier molecular flexibility index (Phi) is 13.1. The molecule has 0 spiro atoms. The molecule has 31 heavy (non-hydrogen) atoms. The predicted molar refractivity (Wildman–Crippen MR) is 134 cm³/mol. The Hall–Kier alpha value is -1.01. The molecular weight excluding hydrogens is 444 g/mol. The van der Waals surface area contributed by atoms with Crippen molar-refractivity contribution in [1.29, 1.82) is 0 Å². The highest BCUT2D eigenvalue weighted by molar-refractivity contribution is 6.87. The molecule has 0 amide bonds. The van der Waals surface area contributed by atoms with Crippen molar-refractivity contribution in [3.63, 3.8) is 0 Å². The van der Waals surface area contributed by atoms with Crippen molar-refractivity contribution in [1.82, 2.24) is 0 Å². The van der Waals surface area contributed by atoms with Gasteiger partial charge in [-0.3, -0.25) is 0 Å². The van der Waals surface area contributed by atoms with Crippen LogP contribution in [-0.2, 0) is 27.3 Å². The fourth-order valence-corrected chi connectivity index (χ4v) is 17.5. The molecule has 0 atom stereocenters. The molecule has 0 aliphatic heterocycles. The first-order valence-electron chi connectivity index (χ1n) is 11.1. The Morgan fingerprint density at radius 1 is 0.645 bits per heavy atom. The third-order valence-electron chi connectivity index (χ3n) is 4.55. The van der Waals surface area contributed by atoms with E-state index in [1.807, 2.05) is 0 Å². The largest absolute Gasteiger partial charge is 0.462 e. The second kappa shape index (κ2) is 13.5. The van der Waals surface area contributed by atoms with Crippen LogP contribution in [0.5, 0.6) is 0 Å². The van der Waals surface area contributed by atoms with Crippen molar-refractivity contribution in [2.24, 2.45) is 0 Å². The SMILES string of the molecule is C=C(C)C(=O)OCCCC[Si](C)(C)O[Si](C)(C)O[Si](C)(C)CCCCOC(=O)C(=C)C. The maximum absolute atomic E-state index is 11.4. The van der Waals surface area contributed by atoms with E-state index in [-0.39, 0.29) is 11.9 Å². The molecule has 0 radical (unpaired) electrons. The normalized spacial score (nSPS) is 12.4. The molecule has 6 nitrogen and oxygen atoms in total. The first-order chi connectivity index (χ1) is 14.1. The molecule has 0 aromatic rings. The maximum Gasteiger partial charge on any atom is 0.333 e. The van der Waals surface area contributed by atoms with Crippen molar-refractivity contribution >= 4 is 37.1 Å². The minimum absolute atomic E-state index is 0.323. The topological polar surface area (TPSA) is 71.1 Å². The highest BCUT2D eigenvalue weighted by atomic mass is 28.5. The summed E-state index contributed by atoms with van der Waals surface area (Å²) in [6.45, 7) is 24.5. The lowest BCUT2D eigenvalue weighted by Crippen LogP contribution is -2.52. The van der Waals surface area contributed by atoms with Gasteiger partial charge in [0.2, 0.25) is 0 Å². The molecule has 0 unspecified atom stereocenters. The van der Waals surface area contributed by atoms with Crippen molar-refractivity contribution in [3.05, 3.63) is 24.3 Å². The van der Waals surface area contributed by atoms with Crippen molar-refractivity contribution < 1.29 is 27.3 Å². The Morgan fingerprint density at radius 3 is 1.26 bits per heavy atom. The number of hydrogen-bond acceptors (Lipinski definition) is 6. The lowest BCUT2D eigenvalue weighted by Gasteiger charge is -2.38. The van der Waals surface area contributed by atoms with Crippen molar-refractivity contribution in [3.8, 4) is 0 Å². The van der Waals surface area contributed by atoms with Crippen LogP contribution in [0, 0.1) is 0 Å². The van der Waals surface area contributed by atoms with E-state index in [1.165, 1.54) is 0 Å². The molecule has 0 saturated heterocycles. The molecular formula is C22H44O6Si3. The van der Waals surface area contributed by atoms with Gasteiger partial charge < -0.3 is 17.7 Å². The molecule has 0 bridgehead atoms. The first kappa shape index (κ1) is 30.0. The molecule has 180 valence electrons. The van der Waals surface area contributed by atoms with Crippen LogP contribution < -0.4 is 0 Å². The van der Waals surface area contributed by atoms with Gasteiger partial charge in [0, 0.05) is 11.1 Å². The van der Waals surface area contributed by atoms with Gasteiger partial charge in [-0.25, -0.2) is 9.59 Å². The summed E-state index contributed by atoms with van der Waals surface area (Å²) in [7, 11) is -5.99. The molecule has 9 heteroatoms. The zero-order valence-corrected chi connectivity index (χ0v) is 24.0. The van der Waals surface area contributed by atoms with Gasteiger partial charge in [0.25, 0.3) is 0 Å². The number of esters is 2. The quantitative estimate of drug-likeness (QED) is 0.116. The first-order valence-corrected chi connectivity index (χ1v) is 20.2. The smallest absolute Gasteiger partial charge is 0.333 e. The van der Waals surface area contributed by atoms with Crippen LogP contribution in [0.15, 0.2) is 24.3 Å². The zero-order valence-electron chi connectivity index (χ0n) is 21.0. The number of rotatable bonds is 16. The van der Waals surface area contributed by atoms with Crippen LogP contribution >= 0.6 is 0 Å². The van der Waals surface area contributed by atoms with Gasteiger partial charge >= 0.3 is 20.5 Å². The molecule has 0 aliphatic rings. The predicted octanol–water partition coefficient (Wildman–Crippen LogP) is 5.93. The number of hydrogen-bond donors (Lipinski definition) is 0. The fraction of sp³-hybridized carbons (Fsp3) is 0.727. The molecule has 0 aromatic carbocycles. The van der Waals surface area contributed by atoms with Crippen LogP contribution in [0.25, 0.3) is 0 Å². The van der Waals surface area contributed by atoms with Gasteiger partial charge in [0.15, 0.2) is 16.6 Å². The lowest BCUT2D eigenvalue weighted by atomic mass is 10.3. The van der Waals surface area contributed by atoms with E-state index < -0.39 is 25.2 Å². The van der Waals surface area contributed by atoms with E-state index in [9.17, 15) is 9.59 Å². The Morgan fingerprint density at radius 2 is 0.968 bits per heavy atom. The highest BCUT2D eigenvalue weighted by Gasteiger charge is 2.39. The minimum atomic E-state index is -2.25. The summed E-state index contributed by atoms with van der Waals surface area (Å²) in [6.07, 6.45) is 3.60. The van der Waals surface area contributed by atoms with E-state index in [4.69, 9.17) is 17.7 Å². The Labute approximate surface area is 192 Å². The average molecular weight is 489 g/mol. The van der Waals surface area contributed by atoms with Crippen molar-refractivity contribution in [2.45, 2.75) is 90.9 Å². The molecule has 0 rings (SSSR count). The van der Waals surface area contributed by atoms with Gasteiger partial charge in [0.1, 0.15) is 0 Å². The van der Waals surface area contributed by atoms with Gasteiger partial charge in [-0.2, -0.15) is 0 Å². The summed E-state index contributed by atoms with van der Waals surface area (Å²) >= 11 is 0. The number of ether oxygens (including phenoxy) is 2. The monoisotopic (exact) mass is 488 g/mol. The molecule has 0 saturated carbocycles. The summed E-state index contributed by atoms with van der Waals surface area (Å²) in [5.41, 5.74) is 0.866. The molecule has 0 fully saturated rings. The van der Waals surface area contributed by atoms with E-state index in [1.54, 1.807) is 13.8 Å². The third kappa shape index (κ3) is 15.4. The Balaban J connectivity index is 4.32. The summed E-state index contributed by atoms with van der Waals surface area (Å²) in [4.78, 5) is 22.8. The van der Waals surface area contributed by atoms with E-state index in [0.29, 0.717) is 24.4 Å². The summed E-state index contributed by atoms with van der Waals surface area (Å²) in [6, 6.07) is 2.01. The standard InChI is InChI=1S/C22H44O6Si3/c1-19(2)21(23)25-15-11-13-17-29(5,6)27-31(9,10)28-30(7,8)18-14-12-16-26-22(24)20(3)4/h1,3,11-18H2,2,4-10H3. The van der Waals surface area contributed by atoms with Crippen LogP contribution in [0.4, 0.5) is 0 Å². The third-order valence-corrected chi connectivity index (χ3v) is 16.0. The average Bonchev–Trinajstić information content (AvgIpc) is 2.58. The van der Waals surface area contributed by atoms with E-state index in [2.05, 4.69) is 52.4 Å². The lowest BCUT2D eigenvalue weighted by molar-refractivity contribution is -0.139. The van der Waals surface area contributed by atoms with Gasteiger partial charge in [-0.05, 0) is 78.1 Å². The second-order valence-corrected chi connectivity index (χ2v) is 22.3. The zero-order chi connectivity index (χ0) is 24.3. The summed E-state index contributed by atoms with van der Waals surface area (Å²) in [5.74, 6) is -0.647. The molecule has 0 aromatic heterocycles. The summed E-state index contributed by atoms with van der Waals surface area (Å²) < 4.78 is 23.5. The Bertz CT molecular complexity index is 577. The number of carbonyl (C=O) groups is 2. The van der Waals surface area contributed by atoms with E-state index in [0.717, 1.165) is 37.8 Å². The van der Waals surface area contributed by atoms with Gasteiger partial charge in [-0.15, -0.1) is 0 Å².